The van der Waals surface area contributed by atoms with Gasteiger partial charge in [-0.2, -0.15) is 0 Å². The van der Waals surface area contributed by atoms with Crippen LogP contribution in [-0.2, 0) is 10.0 Å². The number of benzene rings is 1. The first-order valence-corrected chi connectivity index (χ1v) is 6.84. The van der Waals surface area contributed by atoms with Crippen LogP contribution in [0.1, 0.15) is 13.8 Å². The molecule has 0 aliphatic carbocycles. The van der Waals surface area contributed by atoms with Crippen molar-refractivity contribution in [2.75, 3.05) is 10.5 Å². The molecule has 0 atom stereocenters. The Morgan fingerprint density at radius 1 is 1.44 bits per heavy atom. The lowest BCUT2D eigenvalue weighted by Gasteiger charge is -2.10. The fraction of sp³-hybridized carbons (Fsp3) is 0.400. The first kappa shape index (κ1) is 14.2. The smallest absolute Gasteiger partial charge is 0.273 e. The van der Waals surface area contributed by atoms with Gasteiger partial charge < -0.3 is 5.11 Å². The quantitative estimate of drug-likeness (QED) is 0.482. The minimum atomic E-state index is -3.57. The van der Waals surface area contributed by atoms with Gasteiger partial charge in [0.05, 0.1) is 22.4 Å². The number of nitro benzene ring substituents is 1. The fourth-order valence-corrected chi connectivity index (χ4v) is 2.84. The molecule has 1 aromatic carbocycles. The van der Waals surface area contributed by atoms with Gasteiger partial charge in [0.2, 0.25) is 10.0 Å². The lowest BCUT2D eigenvalue weighted by atomic mass is 10.2. The summed E-state index contributed by atoms with van der Waals surface area (Å²) in [6.45, 7) is 3.49. The number of phenolic OH excluding ortho intramolecular Hbond substituents is 1. The van der Waals surface area contributed by atoms with Crippen molar-refractivity contribution in [2.24, 2.45) is 5.92 Å². The van der Waals surface area contributed by atoms with Crippen LogP contribution < -0.4 is 4.72 Å². The summed E-state index contributed by atoms with van der Waals surface area (Å²) in [6.07, 6.45) is 0. The maximum atomic E-state index is 11.6. The lowest BCUT2D eigenvalue weighted by molar-refractivity contribution is -0.384. The van der Waals surface area contributed by atoms with E-state index in [4.69, 9.17) is 0 Å². The number of anilines is 1. The average Bonchev–Trinajstić information content (AvgIpc) is 2.18. The van der Waals surface area contributed by atoms with E-state index in [1.807, 2.05) is 0 Å². The number of rotatable bonds is 5. The predicted octanol–water partition coefficient (Wildman–Crippen LogP) is 1.70. The maximum Gasteiger partial charge on any atom is 0.273 e. The molecule has 0 aromatic heterocycles. The highest BCUT2D eigenvalue weighted by Crippen LogP contribution is 2.28. The monoisotopic (exact) mass is 274 g/mol. The van der Waals surface area contributed by atoms with Gasteiger partial charge >= 0.3 is 0 Å². The van der Waals surface area contributed by atoms with Gasteiger partial charge in [0, 0.05) is 6.07 Å². The van der Waals surface area contributed by atoms with Gasteiger partial charge in [0.25, 0.3) is 5.69 Å². The van der Waals surface area contributed by atoms with E-state index >= 15 is 0 Å². The number of nitrogens with zero attached hydrogens (tertiary/aromatic N) is 1. The van der Waals surface area contributed by atoms with Crippen LogP contribution in [0.3, 0.4) is 0 Å². The van der Waals surface area contributed by atoms with E-state index < -0.39 is 20.7 Å². The number of sulfonamides is 1. The third-order valence-corrected chi connectivity index (χ3v) is 3.65. The number of non-ortho nitro benzene ring substituents is 1. The second-order valence-corrected chi connectivity index (χ2v) is 6.00. The van der Waals surface area contributed by atoms with Crippen LogP contribution in [-0.4, -0.2) is 24.2 Å². The zero-order valence-corrected chi connectivity index (χ0v) is 10.8. The molecule has 0 amide bonds. The molecule has 1 aromatic rings. The number of hydrogen-bond donors (Lipinski definition) is 2. The summed E-state index contributed by atoms with van der Waals surface area (Å²) >= 11 is 0. The Hall–Kier alpha value is -1.83. The molecule has 0 bridgehead atoms. The van der Waals surface area contributed by atoms with Crippen LogP contribution in [0.25, 0.3) is 0 Å². The van der Waals surface area contributed by atoms with Crippen LogP contribution in [0, 0.1) is 16.0 Å². The lowest BCUT2D eigenvalue weighted by Crippen LogP contribution is -2.20. The van der Waals surface area contributed by atoms with Crippen LogP contribution in [0.5, 0.6) is 5.75 Å². The molecule has 0 radical (unpaired) electrons. The molecule has 0 spiro atoms. The molecule has 7 nitrogen and oxygen atoms in total. The van der Waals surface area contributed by atoms with Crippen molar-refractivity contribution in [3.63, 3.8) is 0 Å². The van der Waals surface area contributed by atoms with Crippen molar-refractivity contribution in [3.8, 4) is 5.75 Å². The van der Waals surface area contributed by atoms with E-state index in [1.54, 1.807) is 13.8 Å². The topological polar surface area (TPSA) is 110 Å². The standard InChI is InChI=1S/C10H14N2O5S/c1-7(2)6-18(16,17)11-9-4-3-8(12(14)15)5-10(9)13/h3-5,7,11,13H,6H2,1-2H3. The highest BCUT2D eigenvalue weighted by Gasteiger charge is 2.16. The minimum absolute atomic E-state index is 0.0670. The van der Waals surface area contributed by atoms with Crippen LogP contribution >= 0.6 is 0 Å². The summed E-state index contributed by atoms with van der Waals surface area (Å²) in [5.74, 6) is -0.636. The summed E-state index contributed by atoms with van der Waals surface area (Å²) in [4.78, 5) is 9.78. The molecule has 0 aliphatic heterocycles. The average molecular weight is 274 g/mol. The van der Waals surface area contributed by atoms with Crippen LogP contribution in [0.2, 0.25) is 0 Å². The molecule has 0 fully saturated rings. The molecule has 100 valence electrons. The van der Waals surface area contributed by atoms with Crippen molar-refractivity contribution in [1.29, 1.82) is 0 Å². The molecular weight excluding hydrogens is 260 g/mol. The molecule has 0 saturated carbocycles. The first-order valence-electron chi connectivity index (χ1n) is 5.19. The van der Waals surface area contributed by atoms with Crippen molar-refractivity contribution < 1.29 is 18.4 Å². The number of phenols is 1. The summed E-state index contributed by atoms with van der Waals surface area (Å²) in [5.41, 5.74) is -0.374. The second kappa shape index (κ2) is 5.21. The second-order valence-electron chi connectivity index (χ2n) is 4.24. The van der Waals surface area contributed by atoms with E-state index in [0.717, 1.165) is 18.2 Å². The largest absolute Gasteiger partial charge is 0.505 e. The Balaban J connectivity index is 2.96. The third-order valence-electron chi connectivity index (χ3n) is 2.01. The zero-order chi connectivity index (χ0) is 13.9. The van der Waals surface area contributed by atoms with E-state index in [9.17, 15) is 23.6 Å². The van der Waals surface area contributed by atoms with Crippen molar-refractivity contribution >= 4 is 21.4 Å². The number of aromatic hydroxyl groups is 1. The molecular formula is C10H14N2O5S. The van der Waals surface area contributed by atoms with E-state index in [0.29, 0.717) is 0 Å². The fourth-order valence-electron chi connectivity index (χ4n) is 1.37. The third kappa shape index (κ3) is 3.88. The molecule has 0 aliphatic rings. The number of nitrogens with one attached hydrogen (secondary N) is 1. The van der Waals surface area contributed by atoms with E-state index in [2.05, 4.69) is 4.72 Å². The highest BCUT2D eigenvalue weighted by atomic mass is 32.2. The van der Waals surface area contributed by atoms with Crippen molar-refractivity contribution in [2.45, 2.75) is 13.8 Å². The Morgan fingerprint density at radius 3 is 2.50 bits per heavy atom. The molecule has 0 heterocycles. The van der Waals surface area contributed by atoms with Gasteiger partial charge in [-0.1, -0.05) is 13.8 Å². The number of hydrogen-bond acceptors (Lipinski definition) is 5. The maximum absolute atomic E-state index is 11.6. The summed E-state index contributed by atoms with van der Waals surface area (Å²) in [7, 11) is -3.57. The SMILES string of the molecule is CC(C)CS(=O)(=O)Nc1ccc([N+](=O)[O-])cc1O. The number of nitro groups is 1. The van der Waals surface area contributed by atoms with Crippen molar-refractivity contribution in [3.05, 3.63) is 28.3 Å². The van der Waals surface area contributed by atoms with Gasteiger partial charge in [0.1, 0.15) is 5.75 Å². The zero-order valence-electron chi connectivity index (χ0n) is 9.95. The summed E-state index contributed by atoms with van der Waals surface area (Å²) in [6, 6.07) is 3.17. The summed E-state index contributed by atoms with van der Waals surface area (Å²) in [5, 5.41) is 20.0. The normalized spacial score (nSPS) is 11.5. The highest BCUT2D eigenvalue weighted by molar-refractivity contribution is 7.92. The summed E-state index contributed by atoms with van der Waals surface area (Å²) < 4.78 is 25.4. The molecule has 2 N–H and O–H groups in total. The van der Waals surface area contributed by atoms with E-state index in [-0.39, 0.29) is 23.0 Å². The van der Waals surface area contributed by atoms with Gasteiger partial charge in [0.15, 0.2) is 0 Å². The Labute approximate surface area is 105 Å². The molecule has 1 rings (SSSR count). The Kier molecular flexibility index (Phi) is 4.12. The van der Waals surface area contributed by atoms with Gasteiger partial charge in [-0.25, -0.2) is 8.42 Å². The molecule has 0 unspecified atom stereocenters. The Morgan fingerprint density at radius 2 is 2.06 bits per heavy atom. The molecule has 18 heavy (non-hydrogen) atoms. The minimum Gasteiger partial charge on any atom is -0.505 e. The van der Waals surface area contributed by atoms with Gasteiger partial charge in [-0.15, -0.1) is 0 Å². The first-order chi connectivity index (χ1) is 8.21. The van der Waals surface area contributed by atoms with Crippen molar-refractivity contribution in [1.82, 2.24) is 0 Å². The Bertz CT molecular complexity index is 553. The van der Waals surface area contributed by atoms with E-state index in [1.165, 1.54) is 0 Å². The molecule has 0 saturated heterocycles. The van der Waals surface area contributed by atoms with Gasteiger partial charge in [-0.3, -0.25) is 14.8 Å². The predicted molar refractivity (Wildman–Crippen MR) is 67.0 cm³/mol. The van der Waals surface area contributed by atoms with Crippen LogP contribution in [0.15, 0.2) is 18.2 Å². The molecule has 8 heteroatoms. The van der Waals surface area contributed by atoms with Gasteiger partial charge in [-0.05, 0) is 12.0 Å². The van der Waals surface area contributed by atoms with Crippen LogP contribution in [0.4, 0.5) is 11.4 Å².